The average Bonchev–Trinajstić information content (AvgIpc) is 3.47. The summed E-state index contributed by atoms with van der Waals surface area (Å²) >= 11 is 0. The number of hydrogen-bond acceptors (Lipinski definition) is 0. The first-order valence-corrected chi connectivity index (χ1v) is 11.3. The predicted molar refractivity (Wildman–Crippen MR) is 122 cm³/mol. The van der Waals surface area contributed by atoms with Gasteiger partial charge in [0.25, 0.3) is 0 Å². The molecule has 2 aliphatic rings. The first kappa shape index (κ1) is 19.5. The number of benzene rings is 2. The van der Waals surface area contributed by atoms with E-state index in [-0.39, 0.29) is 5.41 Å². The highest BCUT2D eigenvalue weighted by Crippen LogP contribution is 2.49. The molecule has 28 heavy (non-hydrogen) atoms. The first-order chi connectivity index (χ1) is 13.4. The van der Waals surface area contributed by atoms with Crippen molar-refractivity contribution in [3.05, 3.63) is 76.4 Å². The maximum atomic E-state index is 4.51. The van der Waals surface area contributed by atoms with Gasteiger partial charge in [-0.15, -0.1) is 0 Å². The van der Waals surface area contributed by atoms with Gasteiger partial charge < -0.3 is 0 Å². The van der Waals surface area contributed by atoms with Crippen LogP contribution >= 0.6 is 0 Å². The van der Waals surface area contributed by atoms with Gasteiger partial charge in [0.2, 0.25) is 0 Å². The minimum atomic E-state index is 0.273. The smallest absolute Gasteiger partial charge is 0.00257 e. The Bertz CT molecular complexity index is 862. The summed E-state index contributed by atoms with van der Waals surface area (Å²) in [5, 5.41) is 0. The number of rotatable bonds is 6. The predicted octanol–water partition coefficient (Wildman–Crippen LogP) is 7.63. The normalized spacial score (nSPS) is 20.6. The second-order valence-corrected chi connectivity index (χ2v) is 10.1. The molecule has 4 rings (SSSR count). The molecule has 0 spiro atoms. The Balaban J connectivity index is 1.64. The van der Waals surface area contributed by atoms with Crippen LogP contribution in [0.2, 0.25) is 0 Å². The van der Waals surface area contributed by atoms with Gasteiger partial charge in [-0.25, -0.2) is 0 Å². The van der Waals surface area contributed by atoms with E-state index in [9.17, 15) is 0 Å². The lowest BCUT2D eigenvalue weighted by atomic mass is 9.67. The fourth-order valence-corrected chi connectivity index (χ4v) is 5.35. The third kappa shape index (κ3) is 3.97. The summed E-state index contributed by atoms with van der Waals surface area (Å²) in [4.78, 5) is 0. The molecule has 1 atom stereocenters. The molecule has 0 heteroatoms. The SMILES string of the molecule is C=C(Cc1ccc(CCC)cc1)c1cc(C2CC2)c2c(c1)C(C)(C)CC(C)C2. The van der Waals surface area contributed by atoms with Gasteiger partial charge in [-0.05, 0) is 94.7 Å². The highest BCUT2D eigenvalue weighted by molar-refractivity contribution is 5.69. The van der Waals surface area contributed by atoms with Crippen molar-refractivity contribution in [1.82, 2.24) is 0 Å². The Morgan fingerprint density at radius 2 is 1.75 bits per heavy atom. The lowest BCUT2D eigenvalue weighted by Gasteiger charge is -2.38. The third-order valence-electron chi connectivity index (χ3n) is 6.83. The molecule has 2 aliphatic carbocycles. The van der Waals surface area contributed by atoms with E-state index in [1.165, 1.54) is 60.8 Å². The molecule has 148 valence electrons. The van der Waals surface area contributed by atoms with Crippen molar-refractivity contribution >= 4 is 5.57 Å². The van der Waals surface area contributed by atoms with Gasteiger partial charge >= 0.3 is 0 Å². The van der Waals surface area contributed by atoms with E-state index >= 15 is 0 Å². The molecule has 0 aromatic heterocycles. The van der Waals surface area contributed by atoms with Gasteiger partial charge in [-0.3, -0.25) is 0 Å². The van der Waals surface area contributed by atoms with Crippen molar-refractivity contribution in [2.75, 3.05) is 0 Å². The standard InChI is InChI=1S/C28H36/c1-6-7-21-8-10-22(11-9-21)15-20(3)24-16-25(23-12-13-23)26-14-19(2)18-28(4,5)27(26)17-24/h8-11,16-17,19,23H,3,6-7,12-15,18H2,1-2,4-5H3. The summed E-state index contributed by atoms with van der Waals surface area (Å²) in [7, 11) is 0. The molecule has 2 aromatic carbocycles. The average molecular weight is 373 g/mol. The lowest BCUT2D eigenvalue weighted by Crippen LogP contribution is -2.29. The van der Waals surface area contributed by atoms with E-state index in [0.29, 0.717) is 0 Å². The summed E-state index contributed by atoms with van der Waals surface area (Å²) in [6.07, 6.45) is 8.62. The Morgan fingerprint density at radius 3 is 2.39 bits per heavy atom. The van der Waals surface area contributed by atoms with E-state index in [0.717, 1.165) is 18.3 Å². The van der Waals surface area contributed by atoms with Gasteiger partial charge in [0, 0.05) is 0 Å². The number of aryl methyl sites for hydroxylation is 1. The van der Waals surface area contributed by atoms with Crippen LogP contribution in [0, 0.1) is 5.92 Å². The van der Waals surface area contributed by atoms with E-state index in [1.54, 1.807) is 16.7 Å². The van der Waals surface area contributed by atoms with Crippen LogP contribution in [0.4, 0.5) is 0 Å². The Labute approximate surface area is 172 Å². The summed E-state index contributed by atoms with van der Waals surface area (Å²) < 4.78 is 0. The van der Waals surface area contributed by atoms with Crippen molar-refractivity contribution < 1.29 is 0 Å². The summed E-state index contributed by atoms with van der Waals surface area (Å²) in [5.74, 6) is 1.59. The van der Waals surface area contributed by atoms with Crippen LogP contribution in [0.5, 0.6) is 0 Å². The summed E-state index contributed by atoms with van der Waals surface area (Å²) in [6.45, 7) is 14.1. The van der Waals surface area contributed by atoms with E-state index in [4.69, 9.17) is 0 Å². The molecule has 2 aromatic rings. The van der Waals surface area contributed by atoms with Crippen LogP contribution in [-0.2, 0) is 24.7 Å². The van der Waals surface area contributed by atoms with Gasteiger partial charge in [0.05, 0.1) is 0 Å². The largest absolute Gasteiger partial charge is 0.0949 e. The monoisotopic (exact) mass is 372 g/mol. The van der Waals surface area contributed by atoms with Crippen LogP contribution in [0.1, 0.15) is 92.7 Å². The van der Waals surface area contributed by atoms with Crippen LogP contribution in [0.15, 0.2) is 43.0 Å². The molecular formula is C28H36. The van der Waals surface area contributed by atoms with Crippen molar-refractivity contribution in [3.63, 3.8) is 0 Å². The quantitative estimate of drug-likeness (QED) is 0.489. The molecule has 0 bridgehead atoms. The van der Waals surface area contributed by atoms with E-state index < -0.39 is 0 Å². The highest BCUT2D eigenvalue weighted by Gasteiger charge is 2.36. The molecule has 1 fully saturated rings. The number of allylic oxidation sites excluding steroid dienone is 1. The lowest BCUT2D eigenvalue weighted by molar-refractivity contribution is 0.347. The summed E-state index contributed by atoms with van der Waals surface area (Å²) in [6, 6.07) is 14.2. The molecular weight excluding hydrogens is 336 g/mol. The van der Waals surface area contributed by atoms with E-state index in [1.807, 2.05) is 0 Å². The third-order valence-corrected chi connectivity index (χ3v) is 6.83. The maximum Gasteiger partial charge on any atom is -0.00257 e. The van der Waals surface area contributed by atoms with Gasteiger partial charge in [0.1, 0.15) is 0 Å². The first-order valence-electron chi connectivity index (χ1n) is 11.3. The van der Waals surface area contributed by atoms with Crippen molar-refractivity contribution in [2.45, 2.75) is 84.0 Å². The molecule has 0 N–H and O–H groups in total. The fraction of sp³-hybridized carbons (Fsp3) is 0.500. The molecule has 1 saturated carbocycles. The highest BCUT2D eigenvalue weighted by atomic mass is 14.4. The van der Waals surface area contributed by atoms with Gasteiger partial charge in [-0.1, -0.05) is 77.1 Å². The topological polar surface area (TPSA) is 0 Å². The molecule has 0 heterocycles. The van der Waals surface area contributed by atoms with Crippen molar-refractivity contribution in [1.29, 1.82) is 0 Å². The Kier molecular flexibility index (Phi) is 5.25. The van der Waals surface area contributed by atoms with Crippen LogP contribution in [0.3, 0.4) is 0 Å². The minimum absolute atomic E-state index is 0.273. The Morgan fingerprint density at radius 1 is 1.07 bits per heavy atom. The Hall–Kier alpha value is -1.82. The van der Waals surface area contributed by atoms with Crippen LogP contribution < -0.4 is 0 Å². The van der Waals surface area contributed by atoms with Gasteiger partial charge in [0.15, 0.2) is 0 Å². The molecule has 1 unspecified atom stereocenters. The van der Waals surface area contributed by atoms with Crippen LogP contribution in [-0.4, -0.2) is 0 Å². The van der Waals surface area contributed by atoms with E-state index in [2.05, 4.69) is 70.7 Å². The zero-order valence-electron chi connectivity index (χ0n) is 18.3. The second kappa shape index (κ2) is 7.54. The molecule has 0 amide bonds. The van der Waals surface area contributed by atoms with Crippen LogP contribution in [0.25, 0.3) is 5.57 Å². The molecule has 0 nitrogen and oxygen atoms in total. The molecule has 0 saturated heterocycles. The molecule has 0 radical (unpaired) electrons. The minimum Gasteiger partial charge on any atom is -0.0949 e. The van der Waals surface area contributed by atoms with Crippen molar-refractivity contribution in [2.24, 2.45) is 5.92 Å². The number of hydrogen-bond donors (Lipinski definition) is 0. The number of fused-ring (bicyclic) bond motifs is 1. The van der Waals surface area contributed by atoms with Crippen molar-refractivity contribution in [3.8, 4) is 0 Å². The summed E-state index contributed by atoms with van der Waals surface area (Å²) in [5.41, 5.74) is 10.7. The second-order valence-electron chi connectivity index (χ2n) is 10.1. The zero-order valence-corrected chi connectivity index (χ0v) is 18.3. The van der Waals surface area contributed by atoms with Gasteiger partial charge in [-0.2, -0.15) is 0 Å². The molecule has 0 aliphatic heterocycles. The maximum absolute atomic E-state index is 4.51. The fourth-order valence-electron chi connectivity index (χ4n) is 5.35. The zero-order chi connectivity index (χ0) is 19.9.